The summed E-state index contributed by atoms with van der Waals surface area (Å²) in [7, 11) is 0. The van der Waals surface area contributed by atoms with Gasteiger partial charge in [0.2, 0.25) is 5.91 Å². The van der Waals surface area contributed by atoms with Crippen molar-refractivity contribution in [2.24, 2.45) is 5.73 Å². The first-order valence-corrected chi connectivity index (χ1v) is 8.92. The van der Waals surface area contributed by atoms with Gasteiger partial charge < -0.3 is 20.9 Å². The Balaban J connectivity index is 2.43. The van der Waals surface area contributed by atoms with Crippen LogP contribution in [-0.4, -0.2) is 29.8 Å². The molecule has 1 atom stereocenters. The first kappa shape index (κ1) is 20.7. The molecule has 0 radical (unpaired) electrons. The Morgan fingerprint density at radius 1 is 1.29 bits per heavy atom. The number of benzene rings is 1. The Labute approximate surface area is 149 Å². The Bertz CT molecular complexity index is 521. The van der Waals surface area contributed by atoms with Gasteiger partial charge in [0.1, 0.15) is 11.3 Å². The van der Waals surface area contributed by atoms with Gasteiger partial charge in [-0.3, -0.25) is 4.79 Å². The van der Waals surface area contributed by atoms with Crippen LogP contribution in [0.5, 0.6) is 5.75 Å². The van der Waals surface area contributed by atoms with E-state index in [-0.39, 0.29) is 0 Å². The molecule has 0 unspecified atom stereocenters. The molecule has 1 amide bonds. The summed E-state index contributed by atoms with van der Waals surface area (Å²) in [6, 6.07) is 5.04. The quantitative estimate of drug-likeness (QED) is 0.527. The fourth-order valence-electron chi connectivity index (χ4n) is 2.11. The van der Waals surface area contributed by atoms with Crippen molar-refractivity contribution in [2.75, 3.05) is 18.5 Å². The van der Waals surface area contributed by atoms with E-state index in [9.17, 15) is 4.79 Å². The Kier molecular flexibility index (Phi) is 9.11. The summed E-state index contributed by atoms with van der Waals surface area (Å²) in [4.78, 5) is 11.9. The number of aliphatic hydroxyl groups is 1. The van der Waals surface area contributed by atoms with Crippen molar-refractivity contribution < 1.29 is 14.6 Å². The molecule has 1 aromatic carbocycles. The van der Waals surface area contributed by atoms with E-state index in [2.05, 4.69) is 12.2 Å². The zero-order valence-electron chi connectivity index (χ0n) is 14.6. The van der Waals surface area contributed by atoms with Crippen LogP contribution in [0.4, 0.5) is 5.69 Å². The highest BCUT2D eigenvalue weighted by atomic mass is 35.5. The van der Waals surface area contributed by atoms with Gasteiger partial charge in [-0.25, -0.2) is 0 Å². The number of unbranched alkanes of at least 4 members (excludes halogenated alkanes) is 5. The zero-order chi connectivity index (χ0) is 18.0. The van der Waals surface area contributed by atoms with E-state index >= 15 is 0 Å². The number of carbonyl (C=O) groups excluding carboxylic acids is 1. The van der Waals surface area contributed by atoms with Gasteiger partial charge in [-0.05, 0) is 31.5 Å². The van der Waals surface area contributed by atoms with Crippen molar-refractivity contribution in [3.8, 4) is 5.75 Å². The first-order valence-electron chi connectivity index (χ1n) is 8.54. The second kappa shape index (κ2) is 10.5. The summed E-state index contributed by atoms with van der Waals surface area (Å²) in [5.41, 5.74) is 4.86. The van der Waals surface area contributed by atoms with Gasteiger partial charge in [0, 0.05) is 5.69 Å². The van der Waals surface area contributed by atoms with Gasteiger partial charge >= 0.3 is 0 Å². The van der Waals surface area contributed by atoms with Gasteiger partial charge in [-0.2, -0.15) is 0 Å². The van der Waals surface area contributed by atoms with Crippen LogP contribution in [0.2, 0.25) is 5.02 Å². The third-order valence-electron chi connectivity index (χ3n) is 3.79. The van der Waals surface area contributed by atoms with E-state index < -0.39 is 18.1 Å². The number of rotatable bonds is 11. The lowest BCUT2D eigenvalue weighted by Gasteiger charge is -2.20. The third-order valence-corrected chi connectivity index (χ3v) is 4.09. The molecule has 0 aliphatic carbocycles. The van der Waals surface area contributed by atoms with Crippen molar-refractivity contribution in [1.29, 1.82) is 0 Å². The van der Waals surface area contributed by atoms with Gasteiger partial charge in [0.05, 0.1) is 18.2 Å². The highest BCUT2D eigenvalue weighted by Crippen LogP contribution is 2.28. The summed E-state index contributed by atoms with van der Waals surface area (Å²) < 4.78 is 5.68. The number of hydrogen-bond acceptors (Lipinski definition) is 4. The molecular formula is C18H29ClN2O3. The van der Waals surface area contributed by atoms with Gasteiger partial charge in [-0.1, -0.05) is 50.6 Å². The summed E-state index contributed by atoms with van der Waals surface area (Å²) >= 11 is 6.19. The number of nitrogens with two attached hydrogens (primary N) is 1. The lowest BCUT2D eigenvalue weighted by molar-refractivity contribution is -0.121. The largest absolute Gasteiger partial charge is 0.492 e. The summed E-state index contributed by atoms with van der Waals surface area (Å²) in [5, 5.41) is 12.2. The molecule has 0 aliphatic heterocycles. The lowest BCUT2D eigenvalue weighted by Crippen LogP contribution is -2.51. The summed E-state index contributed by atoms with van der Waals surface area (Å²) in [6.07, 6.45) is 7.20. The van der Waals surface area contributed by atoms with E-state index in [1.807, 2.05) is 0 Å². The van der Waals surface area contributed by atoms with Gasteiger partial charge in [0.15, 0.2) is 0 Å². The van der Waals surface area contributed by atoms with Crippen LogP contribution in [0, 0.1) is 0 Å². The second-order valence-electron chi connectivity index (χ2n) is 6.29. The maximum absolute atomic E-state index is 11.9. The fraction of sp³-hybridized carbons (Fsp3) is 0.611. The van der Waals surface area contributed by atoms with Crippen LogP contribution in [0.1, 0.15) is 52.4 Å². The highest BCUT2D eigenvalue weighted by molar-refractivity contribution is 6.32. The number of hydrogen-bond donors (Lipinski definition) is 3. The van der Waals surface area contributed by atoms with Crippen molar-refractivity contribution in [1.82, 2.24) is 0 Å². The predicted molar refractivity (Wildman–Crippen MR) is 98.6 cm³/mol. The van der Waals surface area contributed by atoms with Crippen LogP contribution in [0.15, 0.2) is 18.2 Å². The van der Waals surface area contributed by atoms with E-state index in [0.717, 1.165) is 12.8 Å². The molecule has 0 aromatic heterocycles. The topological polar surface area (TPSA) is 84.6 Å². The van der Waals surface area contributed by atoms with E-state index in [0.29, 0.717) is 23.1 Å². The van der Waals surface area contributed by atoms with Crippen molar-refractivity contribution in [2.45, 2.75) is 57.9 Å². The van der Waals surface area contributed by atoms with Crippen LogP contribution < -0.4 is 15.8 Å². The maximum Gasteiger partial charge on any atom is 0.246 e. The second-order valence-corrected chi connectivity index (χ2v) is 6.70. The third kappa shape index (κ3) is 7.07. The minimum absolute atomic E-state index is 0.432. The molecule has 5 nitrogen and oxygen atoms in total. The number of amides is 1. The molecule has 0 aliphatic rings. The summed E-state index contributed by atoms with van der Waals surface area (Å²) in [6.45, 7) is 3.85. The molecule has 4 N–H and O–H groups in total. The van der Waals surface area contributed by atoms with Crippen LogP contribution in [-0.2, 0) is 4.79 Å². The standard InChI is InChI=1S/C18H29ClN2O3/c1-3-4-5-6-7-8-11-24-16-10-9-14(12-15(16)19)21-17(23)18(2,20)13-22/h9-10,12,22H,3-8,11,13,20H2,1-2H3,(H,21,23)/t18-/m0/s1. The molecule has 0 heterocycles. The van der Waals surface area contributed by atoms with Crippen molar-refractivity contribution in [3.63, 3.8) is 0 Å². The SMILES string of the molecule is CCCCCCCCOc1ccc(NC(=O)[C@@](C)(N)CO)cc1Cl. The van der Waals surface area contributed by atoms with Crippen molar-refractivity contribution >= 4 is 23.2 Å². The normalized spacial score (nSPS) is 13.4. The Morgan fingerprint density at radius 2 is 1.96 bits per heavy atom. The van der Waals surface area contributed by atoms with Gasteiger partial charge in [0.25, 0.3) is 0 Å². The first-order chi connectivity index (χ1) is 11.4. The van der Waals surface area contributed by atoms with E-state index in [1.54, 1.807) is 18.2 Å². The van der Waals surface area contributed by atoms with Crippen LogP contribution in [0.25, 0.3) is 0 Å². The molecule has 1 aromatic rings. The zero-order valence-corrected chi connectivity index (χ0v) is 15.4. The lowest BCUT2D eigenvalue weighted by atomic mass is 10.0. The molecule has 0 fully saturated rings. The van der Waals surface area contributed by atoms with E-state index in [1.165, 1.54) is 32.6 Å². The van der Waals surface area contributed by atoms with Crippen molar-refractivity contribution in [3.05, 3.63) is 23.2 Å². The predicted octanol–water partition coefficient (Wildman–Crippen LogP) is 3.73. The van der Waals surface area contributed by atoms with E-state index in [4.69, 9.17) is 27.2 Å². The summed E-state index contributed by atoms with van der Waals surface area (Å²) in [5.74, 6) is 0.128. The monoisotopic (exact) mass is 356 g/mol. The molecule has 6 heteroatoms. The minimum atomic E-state index is -1.33. The van der Waals surface area contributed by atoms with Crippen LogP contribution >= 0.6 is 11.6 Å². The van der Waals surface area contributed by atoms with Gasteiger partial charge in [-0.15, -0.1) is 0 Å². The molecule has 0 bridgehead atoms. The average Bonchev–Trinajstić information content (AvgIpc) is 2.55. The average molecular weight is 357 g/mol. The smallest absolute Gasteiger partial charge is 0.246 e. The molecule has 136 valence electrons. The molecule has 0 saturated carbocycles. The molecule has 0 spiro atoms. The molecule has 0 saturated heterocycles. The molecular weight excluding hydrogens is 328 g/mol. The minimum Gasteiger partial charge on any atom is -0.492 e. The number of anilines is 1. The molecule has 24 heavy (non-hydrogen) atoms. The number of halogens is 1. The number of carbonyl (C=O) groups is 1. The fourth-order valence-corrected chi connectivity index (χ4v) is 2.34. The maximum atomic E-state index is 11.9. The Hall–Kier alpha value is -1.30. The number of nitrogens with one attached hydrogen (secondary N) is 1. The molecule has 1 rings (SSSR count). The number of aliphatic hydroxyl groups excluding tert-OH is 1. The van der Waals surface area contributed by atoms with Crippen LogP contribution in [0.3, 0.4) is 0 Å². The highest BCUT2D eigenvalue weighted by Gasteiger charge is 2.27. The number of ether oxygens (including phenoxy) is 1. The Morgan fingerprint density at radius 3 is 2.58 bits per heavy atom.